The lowest BCUT2D eigenvalue weighted by atomic mass is 10.2. The van der Waals surface area contributed by atoms with Crippen LogP contribution in [0.15, 0.2) is 53.9 Å². The molecule has 7 nitrogen and oxygen atoms in total. The van der Waals surface area contributed by atoms with E-state index in [1.165, 1.54) is 16.1 Å². The van der Waals surface area contributed by atoms with Gasteiger partial charge in [0.25, 0.3) is 0 Å². The van der Waals surface area contributed by atoms with Gasteiger partial charge in [-0.3, -0.25) is 0 Å². The summed E-state index contributed by atoms with van der Waals surface area (Å²) in [5, 5.41) is 16.2. The quantitative estimate of drug-likeness (QED) is 0.454. The van der Waals surface area contributed by atoms with E-state index in [9.17, 15) is 0 Å². The van der Waals surface area contributed by atoms with Crippen LogP contribution in [0.2, 0.25) is 5.02 Å². The number of halogens is 1. The Morgan fingerprint density at radius 3 is 2.79 bits per heavy atom. The zero-order valence-electron chi connectivity index (χ0n) is 14.9. The van der Waals surface area contributed by atoms with E-state index in [2.05, 4.69) is 20.4 Å². The molecule has 0 aliphatic rings. The highest BCUT2D eigenvalue weighted by atomic mass is 35.5. The molecule has 0 unspecified atom stereocenters. The van der Waals surface area contributed by atoms with Gasteiger partial charge in [-0.05, 0) is 41.6 Å². The lowest BCUT2D eigenvalue weighted by molar-refractivity contribution is 0.305. The molecule has 0 fully saturated rings. The largest absolute Gasteiger partial charge is 0.497 e. The first kappa shape index (κ1) is 18.4. The summed E-state index contributed by atoms with van der Waals surface area (Å²) in [7, 11) is 1.62. The molecule has 0 spiro atoms. The van der Waals surface area contributed by atoms with Crippen molar-refractivity contribution in [1.82, 2.24) is 25.2 Å². The molecule has 4 rings (SSSR count). The summed E-state index contributed by atoms with van der Waals surface area (Å²) in [5.74, 6) is 2.04. The van der Waals surface area contributed by atoms with Crippen molar-refractivity contribution in [3.05, 3.63) is 69.6 Å². The Labute approximate surface area is 170 Å². The molecule has 142 valence electrons. The van der Waals surface area contributed by atoms with Crippen LogP contribution in [0.1, 0.15) is 10.7 Å². The maximum absolute atomic E-state index is 5.87. The van der Waals surface area contributed by atoms with Crippen LogP contribution in [0, 0.1) is 0 Å². The minimum atomic E-state index is 0.395. The Balaban J connectivity index is 1.38. The van der Waals surface area contributed by atoms with Gasteiger partial charge in [0.2, 0.25) is 5.82 Å². The summed E-state index contributed by atoms with van der Waals surface area (Å²) < 4.78 is 11.0. The van der Waals surface area contributed by atoms with E-state index in [-0.39, 0.29) is 0 Å². The average molecular weight is 414 g/mol. The average Bonchev–Trinajstić information content (AvgIpc) is 3.37. The van der Waals surface area contributed by atoms with Crippen molar-refractivity contribution < 1.29 is 9.47 Å². The van der Waals surface area contributed by atoms with Crippen LogP contribution in [0.5, 0.6) is 11.5 Å². The third-order valence-electron chi connectivity index (χ3n) is 3.86. The number of tetrazole rings is 1. The molecule has 9 heteroatoms. The summed E-state index contributed by atoms with van der Waals surface area (Å²) in [6.45, 7) is 0.834. The first-order valence-electron chi connectivity index (χ1n) is 8.43. The van der Waals surface area contributed by atoms with Crippen LogP contribution in [-0.2, 0) is 13.2 Å². The van der Waals surface area contributed by atoms with E-state index in [0.717, 1.165) is 27.8 Å². The van der Waals surface area contributed by atoms with E-state index < -0.39 is 0 Å². The molecular formula is C19H16ClN5O2S. The SMILES string of the molecule is COc1cccc(-c2nnn(Cc3csc(COc4ccc(Cl)cc4)n3)n2)c1. The van der Waals surface area contributed by atoms with Gasteiger partial charge in [0.05, 0.1) is 12.8 Å². The van der Waals surface area contributed by atoms with Gasteiger partial charge in [-0.1, -0.05) is 23.7 Å². The van der Waals surface area contributed by atoms with Crippen LogP contribution < -0.4 is 9.47 Å². The molecule has 2 aromatic carbocycles. The fourth-order valence-corrected chi connectivity index (χ4v) is 3.32. The zero-order valence-corrected chi connectivity index (χ0v) is 16.5. The van der Waals surface area contributed by atoms with Gasteiger partial charge in [0.15, 0.2) is 0 Å². The first-order chi connectivity index (χ1) is 13.7. The molecule has 28 heavy (non-hydrogen) atoms. The van der Waals surface area contributed by atoms with Crippen LogP contribution in [0.3, 0.4) is 0 Å². The fourth-order valence-electron chi connectivity index (χ4n) is 2.50. The third-order valence-corrected chi connectivity index (χ3v) is 4.98. The molecule has 0 amide bonds. The van der Waals surface area contributed by atoms with E-state index >= 15 is 0 Å². The lowest BCUT2D eigenvalue weighted by Crippen LogP contribution is -2.05. The standard InChI is InChI=1S/C19H16ClN5O2S/c1-26-17-4-2-3-13(9-17)19-22-24-25(23-19)10-15-12-28-18(21-15)11-27-16-7-5-14(20)6-8-16/h2-9,12H,10-11H2,1H3. The van der Waals surface area contributed by atoms with Gasteiger partial charge in [-0.25, -0.2) is 4.98 Å². The monoisotopic (exact) mass is 413 g/mol. The molecular weight excluding hydrogens is 398 g/mol. The van der Waals surface area contributed by atoms with Gasteiger partial charge in [0, 0.05) is 16.0 Å². The number of rotatable bonds is 7. The van der Waals surface area contributed by atoms with Crippen LogP contribution >= 0.6 is 22.9 Å². The van der Waals surface area contributed by atoms with Crippen molar-refractivity contribution in [3.63, 3.8) is 0 Å². The number of methoxy groups -OCH3 is 1. The molecule has 2 aromatic heterocycles. The predicted octanol–water partition coefficient (Wildman–Crippen LogP) is 4.09. The number of aromatic nitrogens is 5. The number of benzene rings is 2. The van der Waals surface area contributed by atoms with Gasteiger partial charge in [0.1, 0.15) is 29.7 Å². The van der Waals surface area contributed by atoms with Crippen molar-refractivity contribution in [3.8, 4) is 22.9 Å². The highest BCUT2D eigenvalue weighted by Crippen LogP contribution is 2.21. The fraction of sp³-hybridized carbons (Fsp3) is 0.158. The van der Waals surface area contributed by atoms with Crippen molar-refractivity contribution in [1.29, 1.82) is 0 Å². The minimum Gasteiger partial charge on any atom is -0.497 e. The van der Waals surface area contributed by atoms with E-state index in [0.29, 0.717) is 24.0 Å². The van der Waals surface area contributed by atoms with Crippen molar-refractivity contribution >= 4 is 22.9 Å². The molecule has 4 aromatic rings. The first-order valence-corrected chi connectivity index (χ1v) is 9.69. The lowest BCUT2D eigenvalue weighted by Gasteiger charge is -2.03. The Hall–Kier alpha value is -2.97. The summed E-state index contributed by atoms with van der Waals surface area (Å²) >= 11 is 7.41. The summed E-state index contributed by atoms with van der Waals surface area (Å²) in [6.07, 6.45) is 0. The smallest absolute Gasteiger partial charge is 0.205 e. The second kappa shape index (κ2) is 8.37. The number of nitrogens with zero attached hydrogens (tertiary/aromatic N) is 5. The highest BCUT2D eigenvalue weighted by Gasteiger charge is 2.09. The number of ether oxygens (including phenoxy) is 2. The topological polar surface area (TPSA) is 75.0 Å². The molecule has 0 aliphatic heterocycles. The summed E-state index contributed by atoms with van der Waals surface area (Å²) in [5.41, 5.74) is 1.70. The van der Waals surface area contributed by atoms with Crippen LogP contribution in [-0.4, -0.2) is 32.3 Å². The highest BCUT2D eigenvalue weighted by molar-refractivity contribution is 7.09. The van der Waals surface area contributed by atoms with Gasteiger partial charge < -0.3 is 9.47 Å². The Kier molecular flexibility index (Phi) is 5.50. The normalized spacial score (nSPS) is 10.8. The number of hydrogen-bond donors (Lipinski definition) is 0. The second-order valence-electron chi connectivity index (χ2n) is 5.85. The zero-order chi connectivity index (χ0) is 19.3. The molecule has 0 N–H and O–H groups in total. The van der Waals surface area contributed by atoms with E-state index in [1.54, 1.807) is 19.2 Å². The van der Waals surface area contributed by atoms with Crippen molar-refractivity contribution in [2.45, 2.75) is 13.2 Å². The Morgan fingerprint density at radius 2 is 1.96 bits per heavy atom. The summed E-state index contributed by atoms with van der Waals surface area (Å²) in [6, 6.07) is 14.8. The maximum Gasteiger partial charge on any atom is 0.205 e. The van der Waals surface area contributed by atoms with Gasteiger partial charge >= 0.3 is 0 Å². The van der Waals surface area contributed by atoms with Crippen molar-refractivity contribution in [2.24, 2.45) is 0 Å². The van der Waals surface area contributed by atoms with E-state index in [4.69, 9.17) is 21.1 Å². The predicted molar refractivity (Wildman–Crippen MR) is 107 cm³/mol. The third kappa shape index (κ3) is 4.47. The van der Waals surface area contributed by atoms with Gasteiger partial charge in [-0.2, -0.15) is 4.80 Å². The van der Waals surface area contributed by atoms with Crippen LogP contribution in [0.25, 0.3) is 11.4 Å². The maximum atomic E-state index is 5.87. The van der Waals surface area contributed by atoms with Crippen LogP contribution in [0.4, 0.5) is 0 Å². The molecule has 0 saturated carbocycles. The van der Waals surface area contributed by atoms with E-state index in [1.807, 2.05) is 41.8 Å². The second-order valence-corrected chi connectivity index (χ2v) is 7.23. The number of hydrogen-bond acceptors (Lipinski definition) is 7. The molecule has 0 bridgehead atoms. The molecule has 0 radical (unpaired) electrons. The molecule has 0 atom stereocenters. The molecule has 0 aliphatic carbocycles. The summed E-state index contributed by atoms with van der Waals surface area (Å²) in [4.78, 5) is 6.09. The van der Waals surface area contributed by atoms with Gasteiger partial charge in [-0.15, -0.1) is 21.5 Å². The minimum absolute atomic E-state index is 0.395. The van der Waals surface area contributed by atoms with Crippen molar-refractivity contribution in [2.75, 3.05) is 7.11 Å². The molecule has 2 heterocycles. The number of thiazole rings is 1. The Morgan fingerprint density at radius 1 is 1.11 bits per heavy atom. The molecule has 0 saturated heterocycles. The Bertz CT molecular complexity index is 1060.